The summed E-state index contributed by atoms with van der Waals surface area (Å²) in [6, 6.07) is 2.14. The van der Waals surface area contributed by atoms with E-state index in [0.717, 1.165) is 12.1 Å². The molecule has 1 aromatic carbocycles. The highest BCUT2D eigenvalue weighted by Crippen LogP contribution is 2.38. The van der Waals surface area contributed by atoms with Crippen LogP contribution in [0.2, 0.25) is 0 Å². The molecule has 0 unspecified atom stereocenters. The number of nitrogens with one attached hydrogen (secondary N) is 1. The highest BCUT2D eigenvalue weighted by Gasteiger charge is 2.37. The summed E-state index contributed by atoms with van der Waals surface area (Å²) >= 11 is 0. The van der Waals surface area contributed by atoms with Crippen LogP contribution in [-0.2, 0) is 19.6 Å². The molecule has 168 valence electrons. The van der Waals surface area contributed by atoms with Crippen molar-refractivity contribution in [2.45, 2.75) is 33.7 Å². The summed E-state index contributed by atoms with van der Waals surface area (Å²) < 4.78 is 46.8. The van der Waals surface area contributed by atoms with Gasteiger partial charge in [-0.15, -0.1) is 0 Å². The molecule has 0 radical (unpaired) electrons. The van der Waals surface area contributed by atoms with Crippen LogP contribution < -0.4 is 4.72 Å². The molecule has 2 heterocycles. The van der Waals surface area contributed by atoms with Crippen LogP contribution in [0.5, 0.6) is 5.75 Å². The number of hydrogen-bond donors (Lipinski definition) is 2. The minimum Gasteiger partial charge on any atom is -0.507 e. The highest BCUT2D eigenvalue weighted by molar-refractivity contribution is 8.00. The zero-order valence-electron chi connectivity index (χ0n) is 17.7. The maximum absolute atomic E-state index is 15.4. The van der Waals surface area contributed by atoms with Gasteiger partial charge >= 0.3 is 6.09 Å². The van der Waals surface area contributed by atoms with E-state index in [1.807, 2.05) is 27.7 Å². The first-order chi connectivity index (χ1) is 14.4. The normalized spacial score (nSPS) is 20.2. The first kappa shape index (κ1) is 22.8. The standard InChI is InChI=1S/C21H25FN2O6S/c1-11(2)10-30-21(27)24-9-13(7-15(24)12(3)4)14-5-6-16(25)19(20(14)22)17-8-18(26)23-31(17,28)29/h5-8,11-12,15,25H,9-10H2,1-4H3,(H,23,26)/t15-/m0/s1. The molecule has 1 atom stereocenters. The summed E-state index contributed by atoms with van der Waals surface area (Å²) in [4.78, 5) is 24.9. The topological polar surface area (TPSA) is 113 Å². The van der Waals surface area contributed by atoms with Crippen LogP contribution in [-0.4, -0.2) is 49.6 Å². The molecule has 0 saturated heterocycles. The van der Waals surface area contributed by atoms with Crippen molar-refractivity contribution in [1.29, 1.82) is 0 Å². The van der Waals surface area contributed by atoms with E-state index in [1.165, 1.54) is 11.0 Å². The molecule has 0 bridgehead atoms. The Hall–Kier alpha value is -2.88. The van der Waals surface area contributed by atoms with Crippen molar-refractivity contribution in [3.8, 4) is 5.75 Å². The zero-order valence-corrected chi connectivity index (χ0v) is 18.5. The quantitative estimate of drug-likeness (QED) is 0.710. The molecule has 2 amide bonds. The molecule has 1 aromatic rings. The van der Waals surface area contributed by atoms with E-state index in [0.29, 0.717) is 5.57 Å². The predicted octanol–water partition coefficient (Wildman–Crippen LogP) is 2.85. The monoisotopic (exact) mass is 452 g/mol. The van der Waals surface area contributed by atoms with Crippen LogP contribution in [0, 0.1) is 17.7 Å². The van der Waals surface area contributed by atoms with Crippen molar-refractivity contribution < 1.29 is 32.2 Å². The Morgan fingerprint density at radius 3 is 2.55 bits per heavy atom. The number of phenolic OH excluding ortho intramolecular Hbond substituents is 1. The second-order valence-electron chi connectivity index (χ2n) is 8.32. The van der Waals surface area contributed by atoms with Gasteiger partial charge in [0.1, 0.15) is 16.5 Å². The maximum atomic E-state index is 15.4. The van der Waals surface area contributed by atoms with Gasteiger partial charge in [-0.3, -0.25) is 9.69 Å². The fourth-order valence-electron chi connectivity index (χ4n) is 3.54. The van der Waals surface area contributed by atoms with E-state index in [9.17, 15) is 23.1 Å². The molecule has 2 aliphatic heterocycles. The molecular weight excluding hydrogens is 427 g/mol. The number of carbonyl (C=O) groups is 2. The van der Waals surface area contributed by atoms with Crippen molar-refractivity contribution in [3.63, 3.8) is 0 Å². The van der Waals surface area contributed by atoms with Gasteiger partial charge in [0.15, 0.2) is 0 Å². The van der Waals surface area contributed by atoms with Crippen LogP contribution in [0.15, 0.2) is 24.3 Å². The average Bonchev–Trinajstić information content (AvgIpc) is 3.20. The number of halogens is 1. The smallest absolute Gasteiger partial charge is 0.410 e. The second kappa shape index (κ2) is 8.33. The Kier molecular flexibility index (Phi) is 6.13. The number of phenols is 1. The Morgan fingerprint density at radius 2 is 2.00 bits per heavy atom. The van der Waals surface area contributed by atoms with E-state index in [1.54, 1.807) is 10.8 Å². The average molecular weight is 453 g/mol. The van der Waals surface area contributed by atoms with Gasteiger partial charge in [0.05, 0.1) is 24.8 Å². The summed E-state index contributed by atoms with van der Waals surface area (Å²) in [5.74, 6) is -2.34. The Morgan fingerprint density at radius 1 is 1.32 bits per heavy atom. The van der Waals surface area contributed by atoms with E-state index in [-0.39, 0.29) is 36.6 Å². The molecular formula is C21H25FN2O6S. The summed E-state index contributed by atoms with van der Waals surface area (Å²) in [5.41, 5.74) is -0.0963. The van der Waals surface area contributed by atoms with Crippen molar-refractivity contribution >= 4 is 32.5 Å². The lowest BCUT2D eigenvalue weighted by atomic mass is 9.99. The SMILES string of the molecule is CC(C)COC(=O)N1CC(c2ccc(O)c(C3=CC(=O)NS3(=O)=O)c2F)=C[C@H]1C(C)C. The Bertz CT molecular complexity index is 1090. The Labute approximate surface area is 180 Å². The molecule has 8 nitrogen and oxygen atoms in total. The van der Waals surface area contributed by atoms with Gasteiger partial charge in [-0.25, -0.2) is 22.3 Å². The third kappa shape index (κ3) is 4.43. The minimum absolute atomic E-state index is 0.0171. The third-order valence-electron chi connectivity index (χ3n) is 5.03. The lowest BCUT2D eigenvalue weighted by Crippen LogP contribution is -2.40. The van der Waals surface area contributed by atoms with Gasteiger partial charge in [0.2, 0.25) is 0 Å². The van der Waals surface area contributed by atoms with Crippen LogP contribution >= 0.6 is 0 Å². The molecule has 0 saturated carbocycles. The molecule has 0 spiro atoms. The number of nitrogens with zero attached hydrogens (tertiary/aromatic N) is 1. The summed E-state index contributed by atoms with van der Waals surface area (Å²) in [6.07, 6.45) is 1.95. The number of sulfonamides is 1. The van der Waals surface area contributed by atoms with Crippen molar-refractivity contribution in [2.24, 2.45) is 11.8 Å². The molecule has 31 heavy (non-hydrogen) atoms. The van der Waals surface area contributed by atoms with E-state index < -0.39 is 44.1 Å². The number of amides is 2. The van der Waals surface area contributed by atoms with E-state index >= 15 is 4.39 Å². The lowest BCUT2D eigenvalue weighted by Gasteiger charge is -2.27. The number of rotatable bonds is 5. The number of hydrogen-bond acceptors (Lipinski definition) is 6. The first-order valence-electron chi connectivity index (χ1n) is 9.87. The van der Waals surface area contributed by atoms with Gasteiger partial charge in [-0.1, -0.05) is 33.8 Å². The molecule has 0 aromatic heterocycles. The number of benzene rings is 1. The first-order valence-corrected chi connectivity index (χ1v) is 11.4. The fourth-order valence-corrected chi connectivity index (χ4v) is 4.70. The van der Waals surface area contributed by atoms with Gasteiger partial charge < -0.3 is 9.84 Å². The van der Waals surface area contributed by atoms with Gasteiger partial charge in [0, 0.05) is 11.6 Å². The third-order valence-corrected chi connectivity index (χ3v) is 6.40. The van der Waals surface area contributed by atoms with Crippen molar-refractivity contribution in [1.82, 2.24) is 9.62 Å². The predicted molar refractivity (Wildman–Crippen MR) is 113 cm³/mol. The fraction of sp³-hybridized carbons (Fsp3) is 0.429. The summed E-state index contributed by atoms with van der Waals surface area (Å²) in [7, 11) is -4.28. The van der Waals surface area contributed by atoms with Gasteiger partial charge in [-0.2, -0.15) is 0 Å². The van der Waals surface area contributed by atoms with Gasteiger partial charge in [-0.05, 0) is 29.5 Å². The largest absolute Gasteiger partial charge is 0.507 e. The highest BCUT2D eigenvalue weighted by atomic mass is 32.2. The zero-order chi connectivity index (χ0) is 23.1. The van der Waals surface area contributed by atoms with E-state index in [4.69, 9.17) is 4.74 Å². The molecule has 10 heteroatoms. The molecule has 2 N–H and O–H groups in total. The van der Waals surface area contributed by atoms with Crippen molar-refractivity contribution in [3.05, 3.63) is 41.2 Å². The Balaban J connectivity index is 2.00. The van der Waals surface area contributed by atoms with Crippen LogP contribution in [0.3, 0.4) is 0 Å². The molecule has 0 fully saturated rings. The summed E-state index contributed by atoms with van der Waals surface area (Å²) in [6.45, 7) is 7.97. The van der Waals surface area contributed by atoms with E-state index in [2.05, 4.69) is 0 Å². The maximum Gasteiger partial charge on any atom is 0.410 e. The van der Waals surface area contributed by atoms with Crippen LogP contribution in [0.25, 0.3) is 10.5 Å². The lowest BCUT2D eigenvalue weighted by molar-refractivity contribution is -0.114. The number of ether oxygens (including phenoxy) is 1. The molecule has 0 aliphatic carbocycles. The molecule has 2 aliphatic rings. The van der Waals surface area contributed by atoms with Gasteiger partial charge in [0.25, 0.3) is 15.9 Å². The van der Waals surface area contributed by atoms with Crippen LogP contribution in [0.1, 0.15) is 38.8 Å². The minimum atomic E-state index is -4.28. The number of aromatic hydroxyl groups is 1. The summed E-state index contributed by atoms with van der Waals surface area (Å²) in [5, 5.41) is 10.2. The van der Waals surface area contributed by atoms with Crippen LogP contribution in [0.4, 0.5) is 9.18 Å². The number of carbonyl (C=O) groups excluding carboxylic acids is 2. The second-order valence-corrected chi connectivity index (χ2v) is 9.98. The van der Waals surface area contributed by atoms with Crippen molar-refractivity contribution in [2.75, 3.05) is 13.2 Å². The molecule has 3 rings (SSSR count).